The van der Waals surface area contributed by atoms with Gasteiger partial charge >= 0.3 is 0 Å². The zero-order valence-electron chi connectivity index (χ0n) is 11.9. The second-order valence-corrected chi connectivity index (χ2v) is 5.33. The molecule has 4 heteroatoms. The fourth-order valence-electron chi connectivity index (χ4n) is 2.49. The average molecular weight is 269 g/mol. The molecule has 0 bridgehead atoms. The Balaban J connectivity index is 1.96. The molecule has 0 saturated heterocycles. The molecule has 104 valence electrons. The normalized spacial score (nSPS) is 14.2. The summed E-state index contributed by atoms with van der Waals surface area (Å²) >= 11 is 0. The van der Waals surface area contributed by atoms with Gasteiger partial charge in [0.05, 0.1) is 11.3 Å². The van der Waals surface area contributed by atoms with E-state index in [0.29, 0.717) is 11.8 Å². The molecule has 1 N–H and O–H groups in total. The van der Waals surface area contributed by atoms with Gasteiger partial charge in [-0.2, -0.15) is 0 Å². The summed E-state index contributed by atoms with van der Waals surface area (Å²) in [6.07, 6.45) is 2.53. The van der Waals surface area contributed by atoms with E-state index in [4.69, 9.17) is 4.74 Å². The van der Waals surface area contributed by atoms with Gasteiger partial charge in [-0.25, -0.2) is 9.97 Å². The first kappa shape index (κ1) is 13.1. The molecule has 0 fully saturated rings. The van der Waals surface area contributed by atoms with Gasteiger partial charge in [0, 0.05) is 19.5 Å². The highest BCUT2D eigenvalue weighted by atomic mass is 16.5. The Morgan fingerprint density at radius 3 is 2.90 bits per heavy atom. The lowest BCUT2D eigenvalue weighted by atomic mass is 10.0. The zero-order chi connectivity index (χ0) is 13.9. The summed E-state index contributed by atoms with van der Waals surface area (Å²) in [6, 6.07) is 8.14. The van der Waals surface area contributed by atoms with Crippen LogP contribution in [0.3, 0.4) is 0 Å². The van der Waals surface area contributed by atoms with Crippen molar-refractivity contribution in [3.05, 3.63) is 47.4 Å². The lowest BCUT2D eigenvalue weighted by Gasteiger charge is -2.19. The summed E-state index contributed by atoms with van der Waals surface area (Å²) in [5.74, 6) is 1.98. The molecule has 0 atom stereocenters. The highest BCUT2D eigenvalue weighted by Gasteiger charge is 2.17. The number of benzene rings is 1. The van der Waals surface area contributed by atoms with Crippen molar-refractivity contribution in [1.29, 1.82) is 0 Å². The number of ether oxygens (including phenoxy) is 1. The lowest BCUT2D eigenvalue weighted by molar-refractivity contribution is 0.437. The van der Waals surface area contributed by atoms with Gasteiger partial charge in [-0.3, -0.25) is 0 Å². The SMILES string of the molecule is CC(C)c1ccccc1Oc1ncnc2c1CNCC2. The van der Waals surface area contributed by atoms with Crippen LogP contribution in [0.5, 0.6) is 11.6 Å². The van der Waals surface area contributed by atoms with Gasteiger partial charge in [-0.05, 0) is 17.5 Å². The molecule has 4 nitrogen and oxygen atoms in total. The number of nitrogens with zero attached hydrogens (tertiary/aromatic N) is 2. The monoisotopic (exact) mass is 269 g/mol. The Kier molecular flexibility index (Phi) is 3.65. The van der Waals surface area contributed by atoms with Crippen LogP contribution in [0.1, 0.15) is 36.6 Å². The molecular weight excluding hydrogens is 250 g/mol. The second-order valence-electron chi connectivity index (χ2n) is 5.33. The van der Waals surface area contributed by atoms with Crippen LogP contribution in [-0.4, -0.2) is 16.5 Å². The number of para-hydroxylation sites is 1. The Morgan fingerprint density at radius 1 is 1.20 bits per heavy atom. The number of aromatic nitrogens is 2. The molecule has 0 radical (unpaired) electrons. The third-order valence-electron chi connectivity index (χ3n) is 3.58. The summed E-state index contributed by atoms with van der Waals surface area (Å²) < 4.78 is 6.08. The van der Waals surface area contributed by atoms with E-state index in [1.165, 1.54) is 5.56 Å². The standard InChI is InChI=1S/C16H19N3O/c1-11(2)12-5-3-4-6-15(12)20-16-13-9-17-8-7-14(13)18-10-19-16/h3-6,10-11,17H,7-9H2,1-2H3. The van der Waals surface area contributed by atoms with Crippen LogP contribution in [-0.2, 0) is 13.0 Å². The molecule has 20 heavy (non-hydrogen) atoms. The van der Waals surface area contributed by atoms with Crippen molar-refractivity contribution in [2.75, 3.05) is 6.54 Å². The van der Waals surface area contributed by atoms with Crippen molar-refractivity contribution in [3.63, 3.8) is 0 Å². The molecule has 3 rings (SSSR count). The van der Waals surface area contributed by atoms with Gasteiger partial charge < -0.3 is 10.1 Å². The average Bonchev–Trinajstić information content (AvgIpc) is 2.48. The van der Waals surface area contributed by atoms with E-state index in [1.807, 2.05) is 18.2 Å². The maximum absolute atomic E-state index is 6.08. The van der Waals surface area contributed by atoms with E-state index in [-0.39, 0.29) is 0 Å². The predicted octanol–water partition coefficient (Wildman–Crippen LogP) is 3.04. The van der Waals surface area contributed by atoms with Crippen LogP contribution < -0.4 is 10.1 Å². The van der Waals surface area contributed by atoms with Crippen LogP contribution in [0.4, 0.5) is 0 Å². The fraction of sp³-hybridized carbons (Fsp3) is 0.375. The van der Waals surface area contributed by atoms with Gasteiger partial charge in [0.1, 0.15) is 12.1 Å². The minimum atomic E-state index is 0.419. The number of fused-ring (bicyclic) bond motifs is 1. The van der Waals surface area contributed by atoms with Crippen molar-refractivity contribution in [2.24, 2.45) is 0 Å². The van der Waals surface area contributed by atoms with E-state index in [9.17, 15) is 0 Å². The Hall–Kier alpha value is -1.94. The third kappa shape index (κ3) is 2.51. The van der Waals surface area contributed by atoms with E-state index in [2.05, 4.69) is 35.2 Å². The van der Waals surface area contributed by atoms with Gasteiger partial charge in [-0.15, -0.1) is 0 Å². The first-order valence-corrected chi connectivity index (χ1v) is 7.06. The van der Waals surface area contributed by atoms with Gasteiger partial charge in [-0.1, -0.05) is 32.0 Å². The first-order valence-electron chi connectivity index (χ1n) is 7.06. The molecule has 0 spiro atoms. The summed E-state index contributed by atoms with van der Waals surface area (Å²) in [5.41, 5.74) is 3.37. The number of rotatable bonds is 3. The quantitative estimate of drug-likeness (QED) is 0.930. The predicted molar refractivity (Wildman–Crippen MR) is 78.0 cm³/mol. The van der Waals surface area contributed by atoms with Crippen LogP contribution in [0, 0.1) is 0 Å². The van der Waals surface area contributed by atoms with Gasteiger partial charge in [0.25, 0.3) is 0 Å². The maximum atomic E-state index is 6.08. The molecule has 1 aliphatic heterocycles. The number of hydrogen-bond donors (Lipinski definition) is 1. The molecule has 1 aromatic heterocycles. The zero-order valence-corrected chi connectivity index (χ0v) is 11.9. The molecule has 0 aliphatic carbocycles. The van der Waals surface area contributed by atoms with Crippen LogP contribution in [0.2, 0.25) is 0 Å². The first-order chi connectivity index (χ1) is 9.75. The van der Waals surface area contributed by atoms with E-state index in [0.717, 1.165) is 36.5 Å². The highest BCUT2D eigenvalue weighted by molar-refractivity contribution is 5.41. The minimum absolute atomic E-state index is 0.419. The molecule has 0 saturated carbocycles. The maximum Gasteiger partial charge on any atom is 0.227 e. The lowest BCUT2D eigenvalue weighted by Crippen LogP contribution is -2.25. The minimum Gasteiger partial charge on any atom is -0.438 e. The molecule has 2 aromatic rings. The Labute approximate surface area is 119 Å². The van der Waals surface area contributed by atoms with Gasteiger partial charge in [0.15, 0.2) is 0 Å². The van der Waals surface area contributed by atoms with Crippen molar-refractivity contribution >= 4 is 0 Å². The fourth-order valence-corrected chi connectivity index (χ4v) is 2.49. The molecular formula is C16H19N3O. The molecule has 1 aliphatic rings. The van der Waals surface area contributed by atoms with Crippen LogP contribution >= 0.6 is 0 Å². The summed E-state index contributed by atoms with van der Waals surface area (Å²) in [6.45, 7) is 6.07. The number of nitrogens with one attached hydrogen (secondary N) is 1. The van der Waals surface area contributed by atoms with Crippen LogP contribution in [0.15, 0.2) is 30.6 Å². The summed E-state index contributed by atoms with van der Waals surface area (Å²) in [7, 11) is 0. The molecule has 1 aromatic carbocycles. The Bertz CT molecular complexity index is 610. The van der Waals surface area contributed by atoms with Crippen molar-refractivity contribution in [1.82, 2.24) is 15.3 Å². The second kappa shape index (κ2) is 5.59. The molecule has 0 unspecified atom stereocenters. The van der Waals surface area contributed by atoms with Crippen molar-refractivity contribution < 1.29 is 4.74 Å². The van der Waals surface area contributed by atoms with E-state index >= 15 is 0 Å². The molecule has 2 heterocycles. The summed E-state index contributed by atoms with van der Waals surface area (Å²) in [5, 5.41) is 3.34. The van der Waals surface area contributed by atoms with Crippen LogP contribution in [0.25, 0.3) is 0 Å². The molecule has 0 amide bonds. The number of hydrogen-bond acceptors (Lipinski definition) is 4. The topological polar surface area (TPSA) is 47.0 Å². The summed E-state index contributed by atoms with van der Waals surface area (Å²) in [4.78, 5) is 8.66. The van der Waals surface area contributed by atoms with Gasteiger partial charge in [0.2, 0.25) is 5.88 Å². The van der Waals surface area contributed by atoms with E-state index in [1.54, 1.807) is 6.33 Å². The van der Waals surface area contributed by atoms with E-state index < -0.39 is 0 Å². The third-order valence-corrected chi connectivity index (χ3v) is 3.58. The Morgan fingerprint density at radius 2 is 2.05 bits per heavy atom. The highest BCUT2D eigenvalue weighted by Crippen LogP contribution is 2.31. The smallest absolute Gasteiger partial charge is 0.227 e. The largest absolute Gasteiger partial charge is 0.438 e. The van der Waals surface area contributed by atoms with Crippen molar-refractivity contribution in [3.8, 4) is 11.6 Å². The van der Waals surface area contributed by atoms with Crippen molar-refractivity contribution in [2.45, 2.75) is 32.7 Å².